The smallest absolute Gasteiger partial charge is 0.0569 e. The minimum absolute atomic E-state index is 0.915. The first-order chi connectivity index (χ1) is 9.81. The summed E-state index contributed by atoms with van der Waals surface area (Å²) in [6.07, 6.45) is 3.41. The molecule has 0 saturated heterocycles. The molecule has 0 bridgehead atoms. The Morgan fingerprint density at radius 3 is 2.65 bits per heavy atom. The van der Waals surface area contributed by atoms with Crippen LogP contribution in [-0.2, 0) is 19.5 Å². The van der Waals surface area contributed by atoms with Crippen LogP contribution in [0.3, 0.4) is 0 Å². The van der Waals surface area contributed by atoms with Crippen LogP contribution < -0.4 is 5.32 Å². The summed E-state index contributed by atoms with van der Waals surface area (Å²) in [6, 6.07) is 13.2. The van der Waals surface area contributed by atoms with Crippen LogP contribution in [0, 0.1) is 0 Å². The molecule has 2 nitrogen and oxygen atoms in total. The van der Waals surface area contributed by atoms with E-state index in [2.05, 4.69) is 59.4 Å². The lowest BCUT2D eigenvalue weighted by molar-refractivity contribution is 0.800. The molecule has 0 saturated carbocycles. The summed E-state index contributed by atoms with van der Waals surface area (Å²) in [6.45, 7) is 4.10. The molecule has 0 aliphatic carbocycles. The molecule has 3 aromatic rings. The van der Waals surface area contributed by atoms with Crippen molar-refractivity contribution in [2.24, 2.45) is 0 Å². The monoisotopic (exact) mass is 284 g/mol. The Labute approximate surface area is 124 Å². The highest BCUT2D eigenvalue weighted by Crippen LogP contribution is 2.24. The zero-order valence-corrected chi connectivity index (χ0v) is 12.8. The van der Waals surface area contributed by atoms with Crippen LogP contribution >= 0.6 is 11.3 Å². The molecule has 0 amide bonds. The average Bonchev–Trinajstić information content (AvgIpc) is 3.06. The van der Waals surface area contributed by atoms with Gasteiger partial charge in [0.15, 0.2) is 0 Å². The second-order valence-electron chi connectivity index (χ2n) is 5.05. The molecular weight excluding hydrogens is 264 g/mol. The van der Waals surface area contributed by atoms with Crippen LogP contribution in [0.1, 0.15) is 22.2 Å². The van der Waals surface area contributed by atoms with Gasteiger partial charge in [-0.05, 0) is 37.2 Å². The normalized spacial score (nSPS) is 11.3. The van der Waals surface area contributed by atoms with E-state index in [1.165, 1.54) is 26.2 Å². The van der Waals surface area contributed by atoms with E-state index in [0.717, 1.165) is 19.5 Å². The lowest BCUT2D eigenvalue weighted by Crippen LogP contribution is -2.04. The lowest BCUT2D eigenvalue weighted by atomic mass is 10.2. The largest absolute Gasteiger partial charge is 0.342 e. The maximum atomic E-state index is 3.26. The Morgan fingerprint density at radius 2 is 1.90 bits per heavy atom. The predicted octanol–water partition coefficient (Wildman–Crippen LogP) is 4.03. The molecule has 0 aliphatic heterocycles. The Bertz CT molecular complexity index is 709. The zero-order chi connectivity index (χ0) is 13.9. The molecule has 2 aromatic heterocycles. The van der Waals surface area contributed by atoms with Crippen LogP contribution in [0.5, 0.6) is 0 Å². The molecule has 1 N–H and O–H groups in total. The summed E-state index contributed by atoms with van der Waals surface area (Å²) >= 11 is 1.92. The fourth-order valence-corrected chi connectivity index (χ4v) is 3.61. The quantitative estimate of drug-likeness (QED) is 0.748. The molecule has 0 fully saturated rings. The molecule has 0 spiro atoms. The van der Waals surface area contributed by atoms with Crippen LogP contribution in [0.4, 0.5) is 0 Å². The predicted molar refractivity (Wildman–Crippen MR) is 87.5 cm³/mol. The summed E-state index contributed by atoms with van der Waals surface area (Å²) in [5.74, 6) is 0. The van der Waals surface area contributed by atoms with E-state index in [9.17, 15) is 0 Å². The molecule has 0 unspecified atom stereocenters. The van der Waals surface area contributed by atoms with E-state index in [0.29, 0.717) is 0 Å². The fraction of sp³-hybridized carbons (Fsp3) is 0.294. The van der Waals surface area contributed by atoms with E-state index in [4.69, 9.17) is 0 Å². The van der Waals surface area contributed by atoms with Crippen molar-refractivity contribution in [2.45, 2.75) is 26.4 Å². The van der Waals surface area contributed by atoms with Gasteiger partial charge in [0.05, 0.1) is 6.54 Å². The standard InChI is InChI=1S/C17H20N2S/c1-3-14-8-9-15(20-14)12-19-11-13(10-18-2)16-6-4-5-7-17(16)19/h4-9,11,18H,3,10,12H2,1-2H3. The van der Waals surface area contributed by atoms with Gasteiger partial charge in [0.25, 0.3) is 0 Å². The van der Waals surface area contributed by atoms with Crippen molar-refractivity contribution in [1.82, 2.24) is 9.88 Å². The van der Waals surface area contributed by atoms with Gasteiger partial charge >= 0.3 is 0 Å². The van der Waals surface area contributed by atoms with Gasteiger partial charge in [-0.1, -0.05) is 25.1 Å². The molecule has 2 heterocycles. The number of rotatable bonds is 5. The Balaban J connectivity index is 1.98. The summed E-state index contributed by atoms with van der Waals surface area (Å²) in [5, 5.41) is 4.61. The van der Waals surface area contributed by atoms with Crippen molar-refractivity contribution in [3.8, 4) is 0 Å². The van der Waals surface area contributed by atoms with E-state index in [1.54, 1.807) is 0 Å². The lowest BCUT2D eigenvalue weighted by Gasteiger charge is -2.02. The van der Waals surface area contributed by atoms with Crippen molar-refractivity contribution in [3.05, 3.63) is 57.9 Å². The fourth-order valence-electron chi connectivity index (χ4n) is 2.65. The van der Waals surface area contributed by atoms with Gasteiger partial charge in [0.2, 0.25) is 0 Å². The van der Waals surface area contributed by atoms with Crippen molar-refractivity contribution >= 4 is 22.2 Å². The molecule has 0 aliphatic rings. The van der Waals surface area contributed by atoms with E-state index in [-0.39, 0.29) is 0 Å². The minimum Gasteiger partial charge on any atom is -0.342 e. The maximum Gasteiger partial charge on any atom is 0.0569 e. The van der Waals surface area contributed by atoms with Gasteiger partial charge in [0, 0.05) is 33.4 Å². The number of thiophene rings is 1. The minimum atomic E-state index is 0.915. The third kappa shape index (κ3) is 2.51. The average molecular weight is 284 g/mol. The third-order valence-electron chi connectivity index (χ3n) is 3.63. The summed E-state index contributed by atoms with van der Waals surface area (Å²) < 4.78 is 2.37. The van der Waals surface area contributed by atoms with Gasteiger partial charge in [-0.2, -0.15) is 0 Å². The van der Waals surface area contributed by atoms with E-state index in [1.807, 2.05) is 18.4 Å². The van der Waals surface area contributed by atoms with Crippen LogP contribution in [0.15, 0.2) is 42.6 Å². The number of nitrogens with one attached hydrogen (secondary N) is 1. The number of hydrogen-bond donors (Lipinski definition) is 1. The molecule has 1 aromatic carbocycles. The summed E-state index contributed by atoms with van der Waals surface area (Å²) in [7, 11) is 2.00. The molecular formula is C17H20N2S. The van der Waals surface area contributed by atoms with Crippen molar-refractivity contribution in [2.75, 3.05) is 7.05 Å². The second kappa shape index (κ2) is 5.81. The maximum absolute atomic E-state index is 3.26. The van der Waals surface area contributed by atoms with Gasteiger partial charge in [0.1, 0.15) is 0 Å². The number of benzene rings is 1. The third-order valence-corrected chi connectivity index (χ3v) is 4.84. The first-order valence-electron chi connectivity index (χ1n) is 7.10. The SMILES string of the molecule is CCc1ccc(Cn2cc(CNC)c3ccccc32)s1. The number of aryl methyl sites for hydroxylation is 1. The van der Waals surface area contributed by atoms with Gasteiger partial charge in [-0.25, -0.2) is 0 Å². The van der Waals surface area contributed by atoms with Gasteiger partial charge < -0.3 is 9.88 Å². The molecule has 104 valence electrons. The molecule has 0 atom stereocenters. The number of hydrogen-bond acceptors (Lipinski definition) is 2. The number of fused-ring (bicyclic) bond motifs is 1. The zero-order valence-electron chi connectivity index (χ0n) is 12.0. The van der Waals surface area contributed by atoms with Gasteiger partial charge in [-0.15, -0.1) is 11.3 Å². The molecule has 0 radical (unpaired) electrons. The Kier molecular flexibility index (Phi) is 3.90. The number of nitrogens with zero attached hydrogens (tertiary/aromatic N) is 1. The first kappa shape index (κ1) is 13.4. The van der Waals surface area contributed by atoms with Crippen LogP contribution in [0.2, 0.25) is 0 Å². The number of aromatic nitrogens is 1. The van der Waals surface area contributed by atoms with E-state index >= 15 is 0 Å². The molecule has 3 heteroatoms. The highest BCUT2D eigenvalue weighted by atomic mass is 32.1. The first-order valence-corrected chi connectivity index (χ1v) is 7.92. The summed E-state index contributed by atoms with van der Waals surface area (Å²) in [5.41, 5.74) is 2.69. The van der Waals surface area contributed by atoms with Crippen molar-refractivity contribution < 1.29 is 0 Å². The van der Waals surface area contributed by atoms with Crippen LogP contribution in [-0.4, -0.2) is 11.6 Å². The highest BCUT2D eigenvalue weighted by Gasteiger charge is 2.08. The van der Waals surface area contributed by atoms with Crippen molar-refractivity contribution in [1.29, 1.82) is 0 Å². The van der Waals surface area contributed by atoms with Gasteiger partial charge in [-0.3, -0.25) is 0 Å². The molecule has 3 rings (SSSR count). The van der Waals surface area contributed by atoms with Crippen molar-refractivity contribution in [3.63, 3.8) is 0 Å². The Hall–Kier alpha value is -1.58. The van der Waals surface area contributed by atoms with Crippen LogP contribution in [0.25, 0.3) is 10.9 Å². The highest BCUT2D eigenvalue weighted by molar-refractivity contribution is 7.11. The molecule has 20 heavy (non-hydrogen) atoms. The Morgan fingerprint density at radius 1 is 1.10 bits per heavy atom. The summed E-state index contributed by atoms with van der Waals surface area (Å²) in [4.78, 5) is 2.89. The topological polar surface area (TPSA) is 17.0 Å². The van der Waals surface area contributed by atoms with E-state index < -0.39 is 0 Å². The second-order valence-corrected chi connectivity index (χ2v) is 6.30. The number of para-hydroxylation sites is 1.